The van der Waals surface area contributed by atoms with Gasteiger partial charge in [0.2, 0.25) is 11.8 Å². The van der Waals surface area contributed by atoms with Crippen molar-refractivity contribution in [1.29, 1.82) is 0 Å². The van der Waals surface area contributed by atoms with E-state index in [1.165, 1.54) is 6.92 Å². The van der Waals surface area contributed by atoms with Gasteiger partial charge in [0.15, 0.2) is 0 Å². The van der Waals surface area contributed by atoms with E-state index >= 15 is 0 Å². The molecule has 0 heterocycles. The highest BCUT2D eigenvalue weighted by atomic mass is 16.5. The predicted molar refractivity (Wildman–Crippen MR) is 122 cm³/mol. The number of urea groups is 1. The third kappa shape index (κ3) is 10.3. The molecule has 6 N–H and O–H groups in total. The first-order valence-electron chi connectivity index (χ1n) is 10.7. The molecule has 10 nitrogen and oxygen atoms in total. The zero-order valence-electron chi connectivity index (χ0n) is 19.2. The fraction of sp³-hybridized carbons (Fsp3) is 0.545. The number of benzene rings is 1. The maximum absolute atomic E-state index is 12.9. The van der Waals surface area contributed by atoms with Gasteiger partial charge in [-0.3, -0.25) is 14.4 Å². The molecule has 0 aliphatic rings. The van der Waals surface area contributed by atoms with Gasteiger partial charge in [-0.15, -0.1) is 0 Å². The summed E-state index contributed by atoms with van der Waals surface area (Å²) in [7, 11) is 0. The minimum Gasteiger partial charge on any atom is -0.461 e. The van der Waals surface area contributed by atoms with Gasteiger partial charge in [-0.1, -0.05) is 32.9 Å². The van der Waals surface area contributed by atoms with Gasteiger partial charge < -0.3 is 31.7 Å². The summed E-state index contributed by atoms with van der Waals surface area (Å²) in [5, 5.41) is 11.2. The van der Waals surface area contributed by atoms with E-state index in [4.69, 9.17) is 10.5 Å². The summed E-state index contributed by atoms with van der Waals surface area (Å²) in [5.41, 5.74) is 6.40. The van der Waals surface area contributed by atoms with Gasteiger partial charge in [0.05, 0.1) is 6.04 Å². The Hall–Kier alpha value is -3.14. The number of amides is 4. The van der Waals surface area contributed by atoms with Crippen molar-refractivity contribution in [2.24, 2.45) is 11.7 Å². The van der Waals surface area contributed by atoms with Crippen LogP contribution in [0.3, 0.4) is 0 Å². The Labute approximate surface area is 189 Å². The lowest BCUT2D eigenvalue weighted by molar-refractivity contribution is -0.142. The maximum Gasteiger partial charge on any atom is 0.312 e. The molecule has 4 amide bonds. The minimum absolute atomic E-state index is 0.0416. The van der Waals surface area contributed by atoms with Gasteiger partial charge in [-0.25, -0.2) is 4.79 Å². The largest absolute Gasteiger partial charge is 0.461 e. The van der Waals surface area contributed by atoms with E-state index in [1.54, 1.807) is 24.3 Å². The smallest absolute Gasteiger partial charge is 0.312 e. The minimum atomic E-state index is -0.794. The van der Waals surface area contributed by atoms with Gasteiger partial charge in [0.1, 0.15) is 12.6 Å². The van der Waals surface area contributed by atoms with Crippen molar-refractivity contribution in [3.05, 3.63) is 29.8 Å². The molecule has 0 fully saturated rings. The Morgan fingerprint density at radius 3 is 2.25 bits per heavy atom. The molecule has 2 atom stereocenters. The monoisotopic (exact) mass is 449 g/mol. The number of nitrogens with two attached hydrogens (primary N) is 1. The molecule has 1 aromatic carbocycles. The molecule has 0 spiro atoms. The van der Waals surface area contributed by atoms with E-state index in [9.17, 15) is 19.2 Å². The second-order valence-corrected chi connectivity index (χ2v) is 7.74. The Balaban J connectivity index is 2.82. The third-order valence-corrected chi connectivity index (χ3v) is 4.64. The number of nitrogens with one attached hydrogen (secondary N) is 4. The summed E-state index contributed by atoms with van der Waals surface area (Å²) in [4.78, 5) is 47.5. The molecule has 0 saturated carbocycles. The van der Waals surface area contributed by atoms with Crippen molar-refractivity contribution in [2.45, 2.75) is 59.2 Å². The van der Waals surface area contributed by atoms with E-state index in [2.05, 4.69) is 21.3 Å². The van der Waals surface area contributed by atoms with Crippen LogP contribution in [0, 0.1) is 5.92 Å². The van der Waals surface area contributed by atoms with Crippen LogP contribution < -0.4 is 27.0 Å². The van der Waals surface area contributed by atoms with Crippen molar-refractivity contribution < 1.29 is 23.9 Å². The highest BCUT2D eigenvalue weighted by molar-refractivity contribution is 5.97. The molecule has 1 aromatic rings. The lowest BCUT2D eigenvalue weighted by atomic mass is 10.0. The molecule has 32 heavy (non-hydrogen) atoms. The molecule has 0 saturated heterocycles. The van der Waals surface area contributed by atoms with Gasteiger partial charge in [0, 0.05) is 19.2 Å². The number of primary amides is 1. The molecule has 0 bridgehead atoms. The lowest BCUT2D eigenvalue weighted by Crippen LogP contribution is -2.53. The van der Waals surface area contributed by atoms with E-state index < -0.39 is 18.1 Å². The fourth-order valence-electron chi connectivity index (χ4n) is 3.00. The van der Waals surface area contributed by atoms with Crippen molar-refractivity contribution in [3.8, 4) is 0 Å². The third-order valence-electron chi connectivity index (χ3n) is 4.64. The maximum atomic E-state index is 12.9. The van der Waals surface area contributed by atoms with E-state index in [-0.39, 0.29) is 30.3 Å². The van der Waals surface area contributed by atoms with Gasteiger partial charge in [-0.05, 0) is 43.0 Å². The van der Waals surface area contributed by atoms with E-state index in [0.29, 0.717) is 31.6 Å². The van der Waals surface area contributed by atoms with Crippen LogP contribution in [-0.4, -0.2) is 49.0 Å². The number of hydrogen-bond donors (Lipinski definition) is 5. The summed E-state index contributed by atoms with van der Waals surface area (Å²) in [5.74, 6) is -0.963. The first-order chi connectivity index (χ1) is 15.1. The second-order valence-electron chi connectivity index (χ2n) is 7.74. The summed E-state index contributed by atoms with van der Waals surface area (Å²) in [6, 6.07) is 5.00. The van der Waals surface area contributed by atoms with Crippen LogP contribution in [0.5, 0.6) is 0 Å². The first kappa shape index (κ1) is 26.9. The summed E-state index contributed by atoms with van der Waals surface area (Å²) in [6.45, 7) is 8.16. The number of anilines is 1. The number of esters is 1. The normalized spacial score (nSPS) is 12.5. The van der Waals surface area contributed by atoms with Crippen molar-refractivity contribution in [3.63, 3.8) is 0 Å². The molecule has 0 aromatic heterocycles. The number of carbonyl (C=O) groups excluding carboxylic acids is 4. The average molecular weight is 450 g/mol. The van der Waals surface area contributed by atoms with E-state index in [0.717, 1.165) is 5.56 Å². The van der Waals surface area contributed by atoms with Gasteiger partial charge >= 0.3 is 12.0 Å². The van der Waals surface area contributed by atoms with Crippen molar-refractivity contribution in [2.75, 3.05) is 18.4 Å². The molecule has 0 unspecified atom stereocenters. The van der Waals surface area contributed by atoms with E-state index in [1.807, 2.05) is 20.8 Å². The Kier molecular flexibility index (Phi) is 11.8. The van der Waals surface area contributed by atoms with Gasteiger partial charge in [0.25, 0.3) is 0 Å². The zero-order chi connectivity index (χ0) is 24.1. The second kappa shape index (κ2) is 14.0. The summed E-state index contributed by atoms with van der Waals surface area (Å²) in [6.07, 6.45) is 0.773. The molecule has 10 heteroatoms. The molecule has 1 rings (SSSR count). The zero-order valence-corrected chi connectivity index (χ0v) is 19.2. The first-order valence-corrected chi connectivity index (χ1v) is 10.7. The van der Waals surface area contributed by atoms with Crippen LogP contribution in [0.1, 0.15) is 46.1 Å². The molecule has 0 aliphatic carbocycles. The molecule has 178 valence electrons. The van der Waals surface area contributed by atoms with Crippen molar-refractivity contribution >= 4 is 29.5 Å². The SMILES string of the molecule is CCN[C@H](C(=O)N[C@@H](CCCNC(N)=O)C(=O)Nc1ccc(COC(C)=O)cc1)C(C)C. The Morgan fingerprint density at radius 1 is 1.06 bits per heavy atom. The standard InChI is InChI=1S/C22H35N5O5/c1-5-24-19(14(2)3)21(30)27-18(7-6-12-25-22(23)31)20(29)26-17-10-8-16(9-11-17)13-32-15(4)28/h8-11,14,18-19,24H,5-7,12-13H2,1-4H3,(H,26,29)(H,27,30)(H3,23,25,31)/t18-,19-/m0/s1. The average Bonchev–Trinajstić information content (AvgIpc) is 2.72. The van der Waals surface area contributed by atoms with Crippen LogP contribution in [0.2, 0.25) is 0 Å². The van der Waals surface area contributed by atoms with Crippen LogP contribution >= 0.6 is 0 Å². The number of carbonyl (C=O) groups is 4. The number of ether oxygens (including phenoxy) is 1. The Bertz CT molecular complexity index is 766. The quantitative estimate of drug-likeness (QED) is 0.226. The number of likely N-dealkylation sites (N-methyl/N-ethyl adjacent to an activating group) is 1. The summed E-state index contributed by atoms with van der Waals surface area (Å²) >= 11 is 0. The van der Waals surface area contributed by atoms with Crippen LogP contribution in [0.15, 0.2) is 24.3 Å². The lowest BCUT2D eigenvalue weighted by Gasteiger charge is -2.25. The predicted octanol–water partition coefficient (Wildman–Crippen LogP) is 1.26. The topological polar surface area (TPSA) is 152 Å². The van der Waals surface area contributed by atoms with Crippen LogP contribution in [0.25, 0.3) is 0 Å². The Morgan fingerprint density at radius 2 is 1.72 bits per heavy atom. The molecule has 0 aliphatic heterocycles. The van der Waals surface area contributed by atoms with Crippen molar-refractivity contribution in [1.82, 2.24) is 16.0 Å². The van der Waals surface area contributed by atoms with Gasteiger partial charge in [-0.2, -0.15) is 0 Å². The number of hydrogen-bond acceptors (Lipinski definition) is 6. The fourth-order valence-corrected chi connectivity index (χ4v) is 3.00. The van der Waals surface area contributed by atoms with Crippen LogP contribution in [0.4, 0.5) is 10.5 Å². The number of rotatable bonds is 13. The van der Waals surface area contributed by atoms with Crippen LogP contribution in [-0.2, 0) is 25.7 Å². The highest BCUT2D eigenvalue weighted by Gasteiger charge is 2.27. The highest BCUT2D eigenvalue weighted by Crippen LogP contribution is 2.12. The molecular weight excluding hydrogens is 414 g/mol. The molecular formula is C22H35N5O5. The summed E-state index contributed by atoms with van der Waals surface area (Å²) < 4.78 is 4.95. The molecule has 0 radical (unpaired) electrons.